The van der Waals surface area contributed by atoms with E-state index >= 15 is 14.4 Å². The Morgan fingerprint density at radius 1 is 0.845 bits per heavy atom. The monoisotopic (exact) mass is 961 g/mol. The summed E-state index contributed by atoms with van der Waals surface area (Å²) in [7, 11) is 0. The summed E-state index contributed by atoms with van der Waals surface area (Å²) in [5, 5.41) is 25.5. The van der Waals surface area contributed by atoms with Gasteiger partial charge >= 0.3 is 12.1 Å². The third-order valence-corrected chi connectivity index (χ3v) is 14.8. The molecule has 2 saturated heterocycles. The summed E-state index contributed by atoms with van der Waals surface area (Å²) >= 11 is 1.23. The van der Waals surface area contributed by atoms with Crippen LogP contribution in [0.2, 0.25) is 0 Å². The minimum absolute atomic E-state index is 0.0634. The summed E-state index contributed by atoms with van der Waals surface area (Å²) < 4.78 is 13.3. The quantitative estimate of drug-likeness (QED) is 0.0640. The van der Waals surface area contributed by atoms with Gasteiger partial charge in [0.2, 0.25) is 11.8 Å². The molecule has 14 nitrogen and oxygen atoms in total. The molecule has 7 aromatic rings. The van der Waals surface area contributed by atoms with Crippen molar-refractivity contribution in [2.75, 3.05) is 10.2 Å². The standard InChI is InChI=1S/C56H43N5O9S/c62-41-29-25-39(26-30-41)50-56(42-32-35(21-20-34-12-4-1-5-13-34)24-31-44(42)59(53(56)65)55(66)69-33-36-22-27-40(28-23-36)61(67)68)46(51(63)58-54-57-43-18-10-11-19-45(43)71-54)48-52(64)70-49(38-16-8-3-9-17-38)47(60(48)50)37-14-6-2-7-15-37/h2-3,6-12,14-19,22-32,46-50,62H,1,4-5,13,33H2,(H,57,58,63). The van der Waals surface area contributed by atoms with Gasteiger partial charge in [-0.05, 0) is 114 Å². The molecule has 0 saturated carbocycles. The average Bonchev–Trinajstić information content (AvgIpc) is 4.04. The number of para-hydroxylation sites is 1. The van der Waals surface area contributed by atoms with E-state index < -0.39 is 64.4 Å². The van der Waals surface area contributed by atoms with Crippen molar-refractivity contribution in [3.05, 3.63) is 207 Å². The number of thiazole rings is 1. The van der Waals surface area contributed by atoms with Crippen molar-refractivity contribution in [3.8, 4) is 17.6 Å². The number of nitro groups is 1. The summed E-state index contributed by atoms with van der Waals surface area (Å²) in [5.41, 5.74) is 2.43. The smallest absolute Gasteiger partial charge is 0.421 e. The number of rotatable bonds is 8. The molecule has 6 atom stereocenters. The third-order valence-electron chi connectivity index (χ3n) is 13.8. The van der Waals surface area contributed by atoms with Gasteiger partial charge in [0.15, 0.2) is 5.13 Å². The van der Waals surface area contributed by atoms with E-state index in [0.29, 0.717) is 27.8 Å². The Hall–Kier alpha value is -8.45. The fourth-order valence-corrected chi connectivity index (χ4v) is 11.6. The van der Waals surface area contributed by atoms with Crippen LogP contribution in [-0.4, -0.2) is 49.8 Å². The summed E-state index contributed by atoms with van der Waals surface area (Å²) in [6.07, 6.45) is 3.87. The van der Waals surface area contributed by atoms with E-state index in [-0.39, 0.29) is 34.4 Å². The Balaban J connectivity index is 1.16. The van der Waals surface area contributed by atoms with E-state index in [2.05, 4.69) is 23.2 Å². The lowest BCUT2D eigenvalue weighted by molar-refractivity contribution is -0.384. The highest BCUT2D eigenvalue weighted by molar-refractivity contribution is 7.22. The Morgan fingerprint density at radius 2 is 1.56 bits per heavy atom. The first-order valence-corrected chi connectivity index (χ1v) is 24.0. The van der Waals surface area contributed by atoms with Crippen LogP contribution in [0, 0.1) is 27.9 Å². The lowest BCUT2D eigenvalue weighted by atomic mass is 9.65. The van der Waals surface area contributed by atoms with Crippen molar-refractivity contribution in [1.82, 2.24) is 9.88 Å². The molecule has 0 bridgehead atoms. The lowest BCUT2D eigenvalue weighted by Gasteiger charge is -2.46. The Bertz CT molecular complexity index is 3320. The zero-order valence-electron chi connectivity index (χ0n) is 37.8. The number of aromatic nitrogens is 1. The third kappa shape index (κ3) is 7.96. The number of hydrogen-bond donors (Lipinski definition) is 2. The van der Waals surface area contributed by atoms with Crippen LogP contribution in [0.3, 0.4) is 0 Å². The van der Waals surface area contributed by atoms with E-state index in [1.54, 1.807) is 30.3 Å². The summed E-state index contributed by atoms with van der Waals surface area (Å²) in [6, 6.07) is 39.4. The number of esters is 1. The van der Waals surface area contributed by atoms with Crippen molar-refractivity contribution < 1.29 is 38.7 Å². The maximum atomic E-state index is 16.6. The molecule has 352 valence electrons. The molecule has 4 heterocycles. The van der Waals surface area contributed by atoms with Crippen LogP contribution >= 0.6 is 11.3 Å². The first-order valence-electron chi connectivity index (χ1n) is 23.2. The highest BCUT2D eigenvalue weighted by atomic mass is 32.1. The zero-order valence-corrected chi connectivity index (χ0v) is 38.7. The number of phenolic OH excluding ortho intramolecular Hbond substituents is 1. The average molecular weight is 962 g/mol. The number of ether oxygens (including phenoxy) is 2. The molecule has 1 spiro atoms. The van der Waals surface area contributed by atoms with Crippen LogP contribution < -0.4 is 10.2 Å². The minimum Gasteiger partial charge on any atom is -0.508 e. The number of non-ortho nitro benzene ring substituents is 1. The maximum absolute atomic E-state index is 16.6. The van der Waals surface area contributed by atoms with E-state index in [0.717, 1.165) is 46.4 Å². The number of anilines is 2. The van der Waals surface area contributed by atoms with Gasteiger partial charge in [0.1, 0.15) is 29.9 Å². The molecule has 6 unspecified atom stereocenters. The number of aromatic hydroxyl groups is 1. The number of hydrogen-bond acceptors (Lipinski definition) is 12. The fraction of sp³-hybridized carbons (Fsp3) is 0.196. The van der Waals surface area contributed by atoms with Gasteiger partial charge < -0.3 is 19.9 Å². The van der Waals surface area contributed by atoms with E-state index in [1.807, 2.05) is 89.8 Å². The minimum atomic E-state index is -2.12. The summed E-state index contributed by atoms with van der Waals surface area (Å²) in [4.78, 5) is 81.2. The second-order valence-electron chi connectivity index (χ2n) is 17.9. The number of nitrogens with zero attached hydrogens (tertiary/aromatic N) is 4. The van der Waals surface area contributed by atoms with E-state index in [1.165, 1.54) is 47.7 Å². The first-order chi connectivity index (χ1) is 34.6. The second kappa shape index (κ2) is 18.5. The lowest BCUT2D eigenvalue weighted by Crippen LogP contribution is -2.54. The highest BCUT2D eigenvalue weighted by Crippen LogP contribution is 2.66. The summed E-state index contributed by atoms with van der Waals surface area (Å²) in [6.45, 7) is -0.361. The number of nitrogens with one attached hydrogen (secondary N) is 1. The molecule has 2 fully saturated rings. The SMILES string of the molecule is O=C1OC(c2ccccc2)C(c2ccccc2)N2C1C(C(=O)Nc1nc3ccccc3s1)C1(C(=O)N(C(=O)OCc3ccc([N+](=O)[O-])cc3)c3ccc(C#CC4=CCCCC4)cc31)C2c1ccc(O)cc1. The van der Waals surface area contributed by atoms with E-state index in [9.17, 15) is 20.0 Å². The van der Waals surface area contributed by atoms with Gasteiger partial charge in [-0.1, -0.05) is 114 Å². The molecule has 4 aliphatic rings. The Kier molecular flexibility index (Phi) is 11.7. The molecule has 15 heteroatoms. The van der Waals surface area contributed by atoms with Crippen molar-refractivity contribution in [3.63, 3.8) is 0 Å². The van der Waals surface area contributed by atoms with Gasteiger partial charge in [-0.25, -0.2) is 14.7 Å². The number of fused-ring (bicyclic) bond motifs is 4. The molecule has 1 aromatic heterocycles. The van der Waals surface area contributed by atoms with Gasteiger partial charge in [-0.3, -0.25) is 29.4 Å². The van der Waals surface area contributed by atoms with Gasteiger partial charge in [0.05, 0.1) is 38.8 Å². The van der Waals surface area contributed by atoms with Crippen molar-refractivity contribution in [2.45, 2.75) is 61.9 Å². The molecule has 3 aliphatic heterocycles. The zero-order chi connectivity index (χ0) is 48.8. The predicted octanol–water partition coefficient (Wildman–Crippen LogP) is 10.4. The molecular formula is C56H43N5O9S. The number of benzene rings is 6. The fourth-order valence-electron chi connectivity index (χ4n) is 10.8. The van der Waals surface area contributed by atoms with Crippen LogP contribution in [0.4, 0.5) is 21.3 Å². The molecule has 6 aromatic carbocycles. The molecule has 1 aliphatic carbocycles. The highest BCUT2D eigenvalue weighted by Gasteiger charge is 2.76. The molecule has 3 amide bonds. The van der Waals surface area contributed by atoms with Crippen molar-refractivity contribution >= 4 is 61.9 Å². The summed E-state index contributed by atoms with van der Waals surface area (Å²) in [5.74, 6) is 2.59. The van der Waals surface area contributed by atoms with Gasteiger partial charge in [0, 0.05) is 17.7 Å². The van der Waals surface area contributed by atoms with Crippen LogP contribution in [0.15, 0.2) is 163 Å². The normalized spacial score (nSPS) is 22.5. The van der Waals surface area contributed by atoms with Gasteiger partial charge in [0.25, 0.3) is 5.69 Å². The topological polar surface area (TPSA) is 182 Å². The predicted molar refractivity (Wildman–Crippen MR) is 265 cm³/mol. The van der Waals surface area contributed by atoms with E-state index in [4.69, 9.17) is 14.5 Å². The number of morpholine rings is 1. The number of amides is 3. The number of allylic oxidation sites excluding steroid dienone is 2. The molecule has 0 radical (unpaired) electrons. The van der Waals surface area contributed by atoms with Gasteiger partial charge in [-0.15, -0.1) is 0 Å². The molecule has 2 N–H and O–H groups in total. The number of carbonyl (C=O) groups is 4. The number of cyclic esters (lactones) is 1. The van der Waals surface area contributed by atoms with Crippen LogP contribution in [0.25, 0.3) is 10.2 Å². The van der Waals surface area contributed by atoms with Crippen LogP contribution in [0.1, 0.15) is 77.3 Å². The Labute approximate surface area is 411 Å². The number of phenols is 1. The van der Waals surface area contributed by atoms with Gasteiger partial charge in [-0.2, -0.15) is 0 Å². The molecule has 71 heavy (non-hydrogen) atoms. The number of imide groups is 1. The van der Waals surface area contributed by atoms with Crippen molar-refractivity contribution in [1.29, 1.82) is 0 Å². The number of carbonyl (C=O) groups excluding carboxylic acids is 4. The first kappa shape index (κ1) is 45.0. The number of nitro benzene ring substituents is 1. The maximum Gasteiger partial charge on any atom is 0.421 e. The molecular weight excluding hydrogens is 919 g/mol. The molecule has 11 rings (SSSR count). The van der Waals surface area contributed by atoms with Crippen molar-refractivity contribution in [2.24, 2.45) is 5.92 Å². The Morgan fingerprint density at radius 3 is 2.27 bits per heavy atom. The van der Waals surface area contributed by atoms with Crippen LogP contribution in [0.5, 0.6) is 5.75 Å². The largest absolute Gasteiger partial charge is 0.508 e. The second-order valence-corrected chi connectivity index (χ2v) is 18.9. The van der Waals surface area contributed by atoms with Crippen LogP contribution in [-0.2, 0) is 35.9 Å².